The lowest BCUT2D eigenvalue weighted by Crippen LogP contribution is -2.38. The van der Waals surface area contributed by atoms with Gasteiger partial charge in [0.15, 0.2) is 0 Å². The maximum Gasteiger partial charge on any atom is 0.0302 e. The second kappa shape index (κ2) is 7.27. The molecule has 0 amide bonds. The fourth-order valence-electron chi connectivity index (χ4n) is 2.88. The van der Waals surface area contributed by atoms with Gasteiger partial charge in [-0.1, -0.05) is 19.8 Å². The Morgan fingerprint density at radius 3 is 2.78 bits per heavy atom. The first-order chi connectivity index (χ1) is 8.81. The van der Waals surface area contributed by atoms with E-state index in [-0.39, 0.29) is 0 Å². The van der Waals surface area contributed by atoms with Crippen LogP contribution in [0.3, 0.4) is 0 Å². The molecule has 0 aromatic carbocycles. The van der Waals surface area contributed by atoms with Gasteiger partial charge in [0.25, 0.3) is 0 Å². The van der Waals surface area contributed by atoms with E-state index in [0.717, 1.165) is 19.1 Å². The Morgan fingerprint density at radius 2 is 2.17 bits per heavy atom. The molecule has 0 unspecified atom stereocenters. The van der Waals surface area contributed by atoms with Crippen LogP contribution in [0.1, 0.15) is 43.0 Å². The van der Waals surface area contributed by atoms with Crippen molar-refractivity contribution in [2.45, 2.75) is 52.1 Å². The molecule has 0 saturated heterocycles. The van der Waals surface area contributed by atoms with Crippen LogP contribution in [0.4, 0.5) is 0 Å². The second-order valence-electron chi connectivity index (χ2n) is 5.27. The Morgan fingerprint density at radius 1 is 1.39 bits per heavy atom. The Labute approximate surface area is 115 Å². The third-order valence-electron chi connectivity index (χ3n) is 4.08. The van der Waals surface area contributed by atoms with Crippen molar-refractivity contribution in [1.82, 2.24) is 10.2 Å². The quantitative estimate of drug-likeness (QED) is 0.761. The van der Waals surface area contributed by atoms with Crippen molar-refractivity contribution in [2.24, 2.45) is 0 Å². The Bertz CT molecular complexity index is 342. The summed E-state index contributed by atoms with van der Waals surface area (Å²) in [4.78, 5) is 4.14. The van der Waals surface area contributed by atoms with Crippen LogP contribution in [0.5, 0.6) is 0 Å². The van der Waals surface area contributed by atoms with Gasteiger partial charge in [0.2, 0.25) is 0 Å². The van der Waals surface area contributed by atoms with E-state index in [1.165, 1.54) is 49.2 Å². The van der Waals surface area contributed by atoms with Crippen LogP contribution in [0.25, 0.3) is 0 Å². The zero-order chi connectivity index (χ0) is 12.8. The summed E-state index contributed by atoms with van der Waals surface area (Å²) in [5.74, 6) is 0. The summed E-state index contributed by atoms with van der Waals surface area (Å²) in [5, 5.41) is 5.77. The molecule has 1 aromatic heterocycles. The SMILES string of the molecule is CCN(CCNCc1sccc1C)C1CCCC1. The standard InChI is InChI=1S/C15H26N2S/c1-3-17(14-6-4-5-7-14)10-9-16-12-15-13(2)8-11-18-15/h8,11,14,16H,3-7,9-10,12H2,1-2H3. The average Bonchev–Trinajstić information content (AvgIpc) is 3.01. The molecule has 102 valence electrons. The van der Waals surface area contributed by atoms with E-state index in [4.69, 9.17) is 0 Å². The van der Waals surface area contributed by atoms with Crippen LogP contribution < -0.4 is 5.32 Å². The van der Waals surface area contributed by atoms with Gasteiger partial charge < -0.3 is 5.32 Å². The minimum atomic E-state index is 0.861. The lowest BCUT2D eigenvalue weighted by atomic mass is 10.2. The van der Waals surface area contributed by atoms with E-state index in [2.05, 4.69) is 35.5 Å². The van der Waals surface area contributed by atoms with Crippen molar-refractivity contribution in [3.63, 3.8) is 0 Å². The molecule has 1 aliphatic carbocycles. The molecule has 1 heterocycles. The van der Waals surface area contributed by atoms with Crippen LogP contribution in [0.2, 0.25) is 0 Å². The molecular weight excluding hydrogens is 240 g/mol. The van der Waals surface area contributed by atoms with Crippen LogP contribution in [-0.2, 0) is 6.54 Å². The summed E-state index contributed by atoms with van der Waals surface area (Å²) in [6.07, 6.45) is 5.70. The molecule has 2 rings (SSSR count). The lowest BCUT2D eigenvalue weighted by molar-refractivity contribution is 0.209. The Kier molecular flexibility index (Phi) is 5.67. The average molecular weight is 266 g/mol. The normalized spacial score (nSPS) is 16.8. The number of nitrogens with one attached hydrogen (secondary N) is 1. The summed E-state index contributed by atoms with van der Waals surface area (Å²) in [7, 11) is 0. The van der Waals surface area contributed by atoms with Crippen molar-refractivity contribution >= 4 is 11.3 Å². The van der Waals surface area contributed by atoms with Crippen LogP contribution >= 0.6 is 11.3 Å². The van der Waals surface area contributed by atoms with Gasteiger partial charge in [-0.25, -0.2) is 0 Å². The van der Waals surface area contributed by atoms with Crippen molar-refractivity contribution < 1.29 is 0 Å². The van der Waals surface area contributed by atoms with Gasteiger partial charge in [0.05, 0.1) is 0 Å². The van der Waals surface area contributed by atoms with Gasteiger partial charge in [0.1, 0.15) is 0 Å². The number of rotatable bonds is 7. The molecule has 18 heavy (non-hydrogen) atoms. The van der Waals surface area contributed by atoms with Gasteiger partial charge in [-0.05, 0) is 43.3 Å². The molecule has 0 spiro atoms. The predicted octanol–water partition coefficient (Wildman–Crippen LogP) is 3.41. The summed E-state index contributed by atoms with van der Waals surface area (Å²) in [6, 6.07) is 3.07. The van der Waals surface area contributed by atoms with E-state index in [1.54, 1.807) is 0 Å². The van der Waals surface area contributed by atoms with Crippen LogP contribution in [0.15, 0.2) is 11.4 Å². The molecule has 1 fully saturated rings. The van der Waals surface area contributed by atoms with E-state index in [0.29, 0.717) is 0 Å². The predicted molar refractivity (Wildman–Crippen MR) is 80.3 cm³/mol. The first kappa shape index (κ1) is 14.0. The molecule has 1 saturated carbocycles. The number of thiophene rings is 1. The highest BCUT2D eigenvalue weighted by Gasteiger charge is 2.20. The fourth-order valence-corrected chi connectivity index (χ4v) is 3.75. The summed E-state index contributed by atoms with van der Waals surface area (Å²) in [5.41, 5.74) is 1.43. The summed E-state index contributed by atoms with van der Waals surface area (Å²) >= 11 is 1.86. The molecule has 1 N–H and O–H groups in total. The van der Waals surface area contributed by atoms with E-state index in [1.807, 2.05) is 11.3 Å². The van der Waals surface area contributed by atoms with Gasteiger partial charge in [-0.3, -0.25) is 4.90 Å². The lowest BCUT2D eigenvalue weighted by Gasteiger charge is -2.27. The molecule has 0 bridgehead atoms. The molecule has 2 nitrogen and oxygen atoms in total. The summed E-state index contributed by atoms with van der Waals surface area (Å²) < 4.78 is 0. The molecule has 0 aliphatic heterocycles. The smallest absolute Gasteiger partial charge is 0.0302 e. The highest BCUT2D eigenvalue weighted by atomic mass is 32.1. The largest absolute Gasteiger partial charge is 0.311 e. The van der Waals surface area contributed by atoms with Gasteiger partial charge in [0, 0.05) is 30.6 Å². The molecule has 0 atom stereocenters. The van der Waals surface area contributed by atoms with Crippen LogP contribution in [0, 0.1) is 6.92 Å². The number of hydrogen-bond acceptors (Lipinski definition) is 3. The number of likely N-dealkylation sites (N-methyl/N-ethyl adjacent to an activating group) is 1. The van der Waals surface area contributed by atoms with Crippen molar-refractivity contribution in [1.29, 1.82) is 0 Å². The fraction of sp³-hybridized carbons (Fsp3) is 0.733. The molecule has 1 aromatic rings. The third-order valence-corrected chi connectivity index (χ3v) is 5.10. The maximum absolute atomic E-state index is 3.59. The second-order valence-corrected chi connectivity index (χ2v) is 6.27. The Hall–Kier alpha value is -0.380. The van der Waals surface area contributed by atoms with Gasteiger partial charge in [-0.15, -0.1) is 11.3 Å². The number of hydrogen-bond donors (Lipinski definition) is 1. The monoisotopic (exact) mass is 266 g/mol. The highest BCUT2D eigenvalue weighted by molar-refractivity contribution is 7.10. The minimum absolute atomic E-state index is 0.861. The van der Waals surface area contributed by atoms with E-state index in [9.17, 15) is 0 Å². The topological polar surface area (TPSA) is 15.3 Å². The first-order valence-corrected chi connectivity index (χ1v) is 8.17. The van der Waals surface area contributed by atoms with Crippen molar-refractivity contribution in [3.8, 4) is 0 Å². The zero-order valence-electron chi connectivity index (χ0n) is 11.7. The number of nitrogens with zero attached hydrogens (tertiary/aromatic N) is 1. The molecule has 0 radical (unpaired) electrons. The minimum Gasteiger partial charge on any atom is -0.311 e. The summed E-state index contributed by atoms with van der Waals surface area (Å²) in [6.45, 7) is 9.04. The van der Waals surface area contributed by atoms with Gasteiger partial charge in [-0.2, -0.15) is 0 Å². The maximum atomic E-state index is 3.59. The van der Waals surface area contributed by atoms with E-state index >= 15 is 0 Å². The third kappa shape index (κ3) is 3.81. The molecular formula is C15H26N2S. The van der Waals surface area contributed by atoms with Gasteiger partial charge >= 0.3 is 0 Å². The van der Waals surface area contributed by atoms with Crippen LogP contribution in [-0.4, -0.2) is 30.6 Å². The molecule has 1 aliphatic rings. The Balaban J connectivity index is 1.66. The number of aryl methyl sites for hydroxylation is 1. The van der Waals surface area contributed by atoms with E-state index < -0.39 is 0 Å². The first-order valence-electron chi connectivity index (χ1n) is 7.29. The highest BCUT2D eigenvalue weighted by Crippen LogP contribution is 2.22. The van der Waals surface area contributed by atoms with Crippen molar-refractivity contribution in [3.05, 3.63) is 21.9 Å². The molecule has 3 heteroatoms. The zero-order valence-corrected chi connectivity index (χ0v) is 12.6. The van der Waals surface area contributed by atoms with Crippen molar-refractivity contribution in [2.75, 3.05) is 19.6 Å².